The average Bonchev–Trinajstić information content (AvgIpc) is 2.87. The van der Waals surface area contributed by atoms with Crippen LogP contribution < -0.4 is 11.1 Å². The van der Waals surface area contributed by atoms with Gasteiger partial charge in [0.25, 0.3) is 0 Å². The van der Waals surface area contributed by atoms with E-state index in [-0.39, 0.29) is 12.5 Å². The first-order valence-electron chi connectivity index (χ1n) is 6.35. The summed E-state index contributed by atoms with van der Waals surface area (Å²) in [5, 5.41) is 15.6. The largest absolute Gasteiger partial charge is 0.396 e. The number of nitrogens with zero attached hydrogens (tertiary/aromatic N) is 2. The molecule has 0 spiro atoms. The first kappa shape index (κ1) is 14.2. The summed E-state index contributed by atoms with van der Waals surface area (Å²) >= 11 is 0. The van der Waals surface area contributed by atoms with E-state index in [0.29, 0.717) is 17.7 Å². The topological polar surface area (TPSA) is 93.2 Å². The molecule has 1 heterocycles. The first-order valence-corrected chi connectivity index (χ1v) is 6.35. The molecule has 1 aromatic carbocycles. The number of benzene rings is 1. The highest BCUT2D eigenvalue weighted by Crippen LogP contribution is 2.14. The van der Waals surface area contributed by atoms with Crippen LogP contribution in [0.3, 0.4) is 0 Å². The van der Waals surface area contributed by atoms with Gasteiger partial charge >= 0.3 is 0 Å². The molecule has 0 aliphatic carbocycles. The molecule has 0 radical (unpaired) electrons. The standard InChI is InChI=1S/C14H18N4O2/c1-18-9-11(8-16-18)13(15)14(20)17-12-4-2-10(3-5-12)6-7-19/h2-5,8-9,13,19H,6-7,15H2,1H3,(H,17,20). The lowest BCUT2D eigenvalue weighted by Gasteiger charge is -2.11. The van der Waals surface area contributed by atoms with Gasteiger partial charge in [-0.2, -0.15) is 5.10 Å². The molecule has 2 aromatic rings. The summed E-state index contributed by atoms with van der Waals surface area (Å²) in [5.41, 5.74) is 8.24. The van der Waals surface area contributed by atoms with Crippen LogP contribution in [0.15, 0.2) is 36.7 Å². The number of aryl methyl sites for hydroxylation is 1. The maximum absolute atomic E-state index is 12.0. The molecule has 0 bridgehead atoms. The molecule has 4 N–H and O–H groups in total. The number of aromatic nitrogens is 2. The van der Waals surface area contributed by atoms with Gasteiger partial charge in [-0.1, -0.05) is 12.1 Å². The predicted octanol–water partition coefficient (Wildman–Crippen LogP) is 0.593. The molecule has 0 saturated heterocycles. The third-order valence-electron chi connectivity index (χ3n) is 2.99. The molecule has 0 fully saturated rings. The van der Waals surface area contributed by atoms with Crippen LogP contribution in [0, 0.1) is 0 Å². The van der Waals surface area contributed by atoms with E-state index in [2.05, 4.69) is 10.4 Å². The van der Waals surface area contributed by atoms with Crippen LogP contribution in [0.4, 0.5) is 5.69 Å². The van der Waals surface area contributed by atoms with Crippen LogP contribution in [0.5, 0.6) is 0 Å². The number of aliphatic hydroxyl groups excluding tert-OH is 1. The minimum atomic E-state index is -0.749. The Morgan fingerprint density at radius 2 is 2.15 bits per heavy atom. The summed E-state index contributed by atoms with van der Waals surface area (Å²) in [7, 11) is 1.77. The van der Waals surface area contributed by atoms with Gasteiger partial charge in [0.15, 0.2) is 0 Å². The fourth-order valence-corrected chi connectivity index (χ4v) is 1.86. The quantitative estimate of drug-likeness (QED) is 0.744. The van der Waals surface area contributed by atoms with Crippen molar-refractivity contribution in [3.63, 3.8) is 0 Å². The maximum Gasteiger partial charge on any atom is 0.246 e. The van der Waals surface area contributed by atoms with Gasteiger partial charge in [0.05, 0.1) is 6.20 Å². The Balaban J connectivity index is 2.00. The molecule has 1 aromatic heterocycles. The molecule has 6 nitrogen and oxygen atoms in total. The fraction of sp³-hybridized carbons (Fsp3) is 0.286. The van der Waals surface area contributed by atoms with Crippen LogP contribution in [0.2, 0.25) is 0 Å². The smallest absolute Gasteiger partial charge is 0.246 e. The maximum atomic E-state index is 12.0. The van der Waals surface area contributed by atoms with Crippen molar-refractivity contribution in [3.8, 4) is 0 Å². The molecule has 20 heavy (non-hydrogen) atoms. The van der Waals surface area contributed by atoms with Crippen molar-refractivity contribution in [1.82, 2.24) is 9.78 Å². The number of amides is 1. The highest BCUT2D eigenvalue weighted by atomic mass is 16.3. The summed E-state index contributed by atoms with van der Waals surface area (Å²) in [4.78, 5) is 12.0. The van der Waals surface area contributed by atoms with Crippen molar-refractivity contribution >= 4 is 11.6 Å². The Bertz CT molecular complexity index is 577. The van der Waals surface area contributed by atoms with Crippen LogP contribution in [0.25, 0.3) is 0 Å². The van der Waals surface area contributed by atoms with Crippen molar-refractivity contribution in [1.29, 1.82) is 0 Å². The minimum absolute atomic E-state index is 0.109. The second-order valence-corrected chi connectivity index (χ2v) is 4.58. The Morgan fingerprint density at radius 1 is 1.45 bits per heavy atom. The highest BCUT2D eigenvalue weighted by molar-refractivity contribution is 5.95. The zero-order chi connectivity index (χ0) is 14.5. The lowest BCUT2D eigenvalue weighted by molar-refractivity contribution is -0.117. The fourth-order valence-electron chi connectivity index (χ4n) is 1.86. The zero-order valence-electron chi connectivity index (χ0n) is 11.3. The van der Waals surface area contributed by atoms with E-state index >= 15 is 0 Å². The van der Waals surface area contributed by atoms with Gasteiger partial charge in [-0.05, 0) is 24.1 Å². The number of carbonyl (C=O) groups is 1. The number of hydrogen-bond donors (Lipinski definition) is 3. The van der Waals surface area contributed by atoms with Gasteiger partial charge < -0.3 is 16.2 Å². The molecule has 1 atom stereocenters. The van der Waals surface area contributed by atoms with Crippen molar-refractivity contribution in [2.45, 2.75) is 12.5 Å². The van der Waals surface area contributed by atoms with Gasteiger partial charge in [0, 0.05) is 31.1 Å². The summed E-state index contributed by atoms with van der Waals surface area (Å²) in [5.74, 6) is -0.284. The predicted molar refractivity (Wildman–Crippen MR) is 76.0 cm³/mol. The number of carbonyl (C=O) groups excluding carboxylic acids is 1. The summed E-state index contributed by atoms with van der Waals surface area (Å²) in [6.45, 7) is 0.109. The van der Waals surface area contributed by atoms with E-state index in [1.807, 2.05) is 12.1 Å². The van der Waals surface area contributed by atoms with Crippen molar-refractivity contribution in [2.75, 3.05) is 11.9 Å². The summed E-state index contributed by atoms with van der Waals surface area (Å²) < 4.78 is 1.60. The lowest BCUT2D eigenvalue weighted by atomic mass is 10.1. The average molecular weight is 274 g/mol. The van der Waals surface area contributed by atoms with Gasteiger partial charge in [-0.15, -0.1) is 0 Å². The van der Waals surface area contributed by atoms with Gasteiger partial charge in [-0.25, -0.2) is 0 Å². The van der Waals surface area contributed by atoms with Gasteiger partial charge in [0.1, 0.15) is 6.04 Å². The Morgan fingerprint density at radius 3 is 2.70 bits per heavy atom. The van der Waals surface area contributed by atoms with Crippen LogP contribution >= 0.6 is 0 Å². The second-order valence-electron chi connectivity index (χ2n) is 4.58. The first-order chi connectivity index (χ1) is 9.60. The van der Waals surface area contributed by atoms with Gasteiger partial charge in [0.2, 0.25) is 5.91 Å². The van der Waals surface area contributed by atoms with E-state index in [0.717, 1.165) is 5.56 Å². The highest BCUT2D eigenvalue weighted by Gasteiger charge is 2.17. The SMILES string of the molecule is Cn1cc(C(N)C(=O)Nc2ccc(CCO)cc2)cn1. The van der Waals surface area contributed by atoms with E-state index in [4.69, 9.17) is 10.8 Å². The zero-order valence-corrected chi connectivity index (χ0v) is 11.3. The number of nitrogens with two attached hydrogens (primary N) is 1. The van der Waals surface area contributed by atoms with Crippen LogP contribution in [-0.4, -0.2) is 27.4 Å². The number of rotatable bonds is 5. The molecule has 106 valence electrons. The summed E-state index contributed by atoms with van der Waals surface area (Å²) in [6.07, 6.45) is 3.90. The number of nitrogens with one attached hydrogen (secondary N) is 1. The van der Waals surface area contributed by atoms with Gasteiger partial charge in [-0.3, -0.25) is 9.48 Å². The van der Waals surface area contributed by atoms with Crippen molar-refractivity contribution in [3.05, 3.63) is 47.8 Å². The Kier molecular flexibility index (Phi) is 4.49. The minimum Gasteiger partial charge on any atom is -0.396 e. The molecular weight excluding hydrogens is 256 g/mol. The van der Waals surface area contributed by atoms with Crippen LogP contribution in [-0.2, 0) is 18.3 Å². The molecule has 6 heteroatoms. The van der Waals surface area contributed by atoms with Crippen molar-refractivity contribution in [2.24, 2.45) is 12.8 Å². The molecule has 0 aliphatic rings. The van der Waals surface area contributed by atoms with E-state index in [1.165, 1.54) is 0 Å². The van der Waals surface area contributed by atoms with Crippen molar-refractivity contribution < 1.29 is 9.90 Å². The normalized spacial score (nSPS) is 12.2. The number of aliphatic hydroxyl groups is 1. The molecule has 0 aliphatic heterocycles. The third kappa shape index (κ3) is 3.43. The lowest BCUT2D eigenvalue weighted by Crippen LogP contribution is -2.27. The number of hydrogen-bond acceptors (Lipinski definition) is 4. The summed E-state index contributed by atoms with van der Waals surface area (Å²) in [6, 6.07) is 6.56. The van der Waals surface area contributed by atoms with E-state index in [9.17, 15) is 4.79 Å². The van der Waals surface area contributed by atoms with Crippen LogP contribution in [0.1, 0.15) is 17.2 Å². The van der Waals surface area contributed by atoms with E-state index in [1.54, 1.807) is 36.3 Å². The monoisotopic (exact) mass is 274 g/mol. The molecule has 1 amide bonds. The third-order valence-corrected chi connectivity index (χ3v) is 2.99. The number of anilines is 1. The van der Waals surface area contributed by atoms with E-state index < -0.39 is 6.04 Å². The molecule has 2 rings (SSSR count). The molecule has 0 saturated carbocycles. The second kappa shape index (κ2) is 6.31. The molecular formula is C14H18N4O2. The molecule has 1 unspecified atom stereocenters. The Labute approximate surface area is 117 Å². The Hall–Kier alpha value is -2.18.